The molecule has 2 aromatic carbocycles. The fourth-order valence-electron chi connectivity index (χ4n) is 4.29. The molecule has 1 N–H and O–H groups in total. The number of aliphatic hydroxyl groups is 1. The minimum Gasteiger partial charge on any atom is -0.385 e. The van der Waals surface area contributed by atoms with Crippen molar-refractivity contribution in [2.24, 2.45) is 0 Å². The van der Waals surface area contributed by atoms with Crippen molar-refractivity contribution in [3.63, 3.8) is 0 Å². The first-order valence-corrected chi connectivity index (χ1v) is 9.50. The van der Waals surface area contributed by atoms with Crippen molar-refractivity contribution in [1.29, 1.82) is 0 Å². The molecule has 0 aliphatic carbocycles. The lowest BCUT2D eigenvalue weighted by atomic mass is 9.84. The maximum atomic E-state index is 13.2. The normalized spacial score (nSPS) is 22.3. The molecule has 2 aliphatic heterocycles. The highest BCUT2D eigenvalue weighted by atomic mass is 19.1. The zero-order valence-corrected chi connectivity index (χ0v) is 15.6. The van der Waals surface area contributed by atoms with Crippen LogP contribution in [0.15, 0.2) is 48.5 Å². The molecule has 4 nitrogen and oxygen atoms in total. The quantitative estimate of drug-likeness (QED) is 0.886. The number of rotatable bonds is 2. The van der Waals surface area contributed by atoms with Gasteiger partial charge >= 0.3 is 0 Å². The molecule has 0 saturated carbocycles. The van der Waals surface area contributed by atoms with E-state index in [2.05, 4.69) is 17.0 Å². The van der Waals surface area contributed by atoms with Crippen LogP contribution in [0, 0.1) is 5.82 Å². The van der Waals surface area contributed by atoms with Crippen molar-refractivity contribution in [3.8, 4) is 0 Å². The zero-order chi connectivity index (χ0) is 19.0. The van der Waals surface area contributed by atoms with E-state index < -0.39 is 5.60 Å². The summed E-state index contributed by atoms with van der Waals surface area (Å²) < 4.78 is 13.2. The maximum absolute atomic E-state index is 13.2. The lowest BCUT2D eigenvalue weighted by molar-refractivity contribution is -0.141. The van der Waals surface area contributed by atoms with Gasteiger partial charge in [0, 0.05) is 19.6 Å². The van der Waals surface area contributed by atoms with Crippen molar-refractivity contribution in [2.45, 2.75) is 37.5 Å². The second-order valence-electron chi connectivity index (χ2n) is 7.77. The van der Waals surface area contributed by atoms with Crippen LogP contribution in [0.3, 0.4) is 0 Å². The number of likely N-dealkylation sites (tertiary alicyclic amines) is 1. The standard InChI is InChI=1S/C22H25FN2O2/c1-24-15-17-5-3-2-4-16(17)14-20(24)21(26)25-12-10-22(27,11-13-25)18-6-8-19(23)9-7-18/h2-9,20,27H,10-15H2,1H3. The van der Waals surface area contributed by atoms with Crippen molar-refractivity contribution in [3.05, 3.63) is 71.0 Å². The molecule has 0 aromatic heterocycles. The van der Waals surface area contributed by atoms with Gasteiger partial charge in [0.05, 0.1) is 11.6 Å². The molecule has 4 rings (SSSR count). The second kappa shape index (κ2) is 7.06. The summed E-state index contributed by atoms with van der Waals surface area (Å²) in [4.78, 5) is 17.1. The van der Waals surface area contributed by atoms with Crippen LogP contribution < -0.4 is 0 Å². The summed E-state index contributed by atoms with van der Waals surface area (Å²) >= 11 is 0. The van der Waals surface area contributed by atoms with Gasteiger partial charge in [-0.05, 0) is 55.1 Å². The highest BCUT2D eigenvalue weighted by Gasteiger charge is 2.38. The molecule has 2 heterocycles. The molecule has 2 aromatic rings. The number of piperidine rings is 1. The predicted molar refractivity (Wildman–Crippen MR) is 102 cm³/mol. The summed E-state index contributed by atoms with van der Waals surface area (Å²) in [7, 11) is 2.00. The van der Waals surface area contributed by atoms with Gasteiger partial charge in [0.2, 0.25) is 5.91 Å². The Morgan fingerprint density at radius 3 is 2.37 bits per heavy atom. The number of hydrogen-bond donors (Lipinski definition) is 1. The molecule has 142 valence electrons. The lowest BCUT2D eigenvalue weighted by Gasteiger charge is -2.42. The second-order valence-corrected chi connectivity index (χ2v) is 7.77. The highest BCUT2D eigenvalue weighted by molar-refractivity contribution is 5.82. The third-order valence-electron chi connectivity index (χ3n) is 6.05. The van der Waals surface area contributed by atoms with Gasteiger partial charge in [-0.15, -0.1) is 0 Å². The van der Waals surface area contributed by atoms with Gasteiger partial charge in [-0.1, -0.05) is 36.4 Å². The molecule has 0 spiro atoms. The molecule has 5 heteroatoms. The summed E-state index contributed by atoms with van der Waals surface area (Å²) in [6.45, 7) is 1.80. The molecule has 1 fully saturated rings. The van der Waals surface area contributed by atoms with Gasteiger partial charge in [-0.2, -0.15) is 0 Å². The number of halogens is 1. The monoisotopic (exact) mass is 368 g/mol. The number of carbonyl (C=O) groups excluding carboxylic acids is 1. The number of likely N-dealkylation sites (N-methyl/N-ethyl adjacent to an activating group) is 1. The van der Waals surface area contributed by atoms with E-state index in [1.54, 1.807) is 12.1 Å². The minimum absolute atomic E-state index is 0.133. The Morgan fingerprint density at radius 2 is 1.70 bits per heavy atom. The molecular weight excluding hydrogens is 343 g/mol. The van der Waals surface area contributed by atoms with Crippen LogP contribution >= 0.6 is 0 Å². The fraction of sp³-hybridized carbons (Fsp3) is 0.409. The Bertz CT molecular complexity index is 828. The van der Waals surface area contributed by atoms with Gasteiger partial charge in [0.25, 0.3) is 0 Å². The first kappa shape index (κ1) is 18.1. The Hall–Kier alpha value is -2.24. The Labute approximate surface area is 159 Å². The number of amides is 1. The van der Waals surface area contributed by atoms with E-state index in [-0.39, 0.29) is 17.8 Å². The number of nitrogens with zero attached hydrogens (tertiary/aromatic N) is 2. The van der Waals surface area contributed by atoms with Crippen LogP contribution in [0.5, 0.6) is 0 Å². The van der Waals surface area contributed by atoms with E-state index in [1.807, 2.05) is 24.1 Å². The lowest BCUT2D eigenvalue weighted by Crippen LogP contribution is -2.53. The van der Waals surface area contributed by atoms with E-state index in [0.717, 1.165) is 18.5 Å². The minimum atomic E-state index is -0.991. The van der Waals surface area contributed by atoms with Gasteiger partial charge in [0.15, 0.2) is 0 Å². The van der Waals surface area contributed by atoms with Gasteiger partial charge in [-0.25, -0.2) is 4.39 Å². The van der Waals surface area contributed by atoms with Crippen LogP contribution in [-0.4, -0.2) is 47.0 Å². The Balaban J connectivity index is 1.44. The molecular formula is C22H25FN2O2. The largest absolute Gasteiger partial charge is 0.385 e. The summed E-state index contributed by atoms with van der Waals surface area (Å²) in [5, 5.41) is 11.0. The molecule has 1 saturated heterocycles. The maximum Gasteiger partial charge on any atom is 0.240 e. The van der Waals surface area contributed by atoms with Crippen molar-refractivity contribution in [2.75, 3.05) is 20.1 Å². The Morgan fingerprint density at radius 1 is 1.07 bits per heavy atom. The average molecular weight is 368 g/mol. The van der Waals surface area contributed by atoms with Gasteiger partial charge in [-0.3, -0.25) is 9.69 Å². The zero-order valence-electron chi connectivity index (χ0n) is 15.6. The van der Waals surface area contributed by atoms with Crippen molar-refractivity contribution < 1.29 is 14.3 Å². The van der Waals surface area contributed by atoms with E-state index in [9.17, 15) is 14.3 Å². The molecule has 27 heavy (non-hydrogen) atoms. The third kappa shape index (κ3) is 3.49. The molecule has 1 atom stereocenters. The van der Waals surface area contributed by atoms with Crippen molar-refractivity contribution in [1.82, 2.24) is 9.80 Å². The van der Waals surface area contributed by atoms with E-state index in [1.165, 1.54) is 23.3 Å². The summed E-state index contributed by atoms with van der Waals surface area (Å²) in [6.07, 6.45) is 1.67. The van der Waals surface area contributed by atoms with Crippen LogP contribution in [0.2, 0.25) is 0 Å². The molecule has 0 bridgehead atoms. The Kier molecular flexibility index (Phi) is 4.74. The number of benzene rings is 2. The SMILES string of the molecule is CN1Cc2ccccc2CC1C(=O)N1CCC(O)(c2ccc(F)cc2)CC1. The first-order valence-electron chi connectivity index (χ1n) is 9.50. The van der Waals surface area contributed by atoms with Crippen LogP contribution in [0.1, 0.15) is 29.5 Å². The highest BCUT2D eigenvalue weighted by Crippen LogP contribution is 2.33. The molecule has 0 radical (unpaired) electrons. The fourth-order valence-corrected chi connectivity index (χ4v) is 4.29. The average Bonchev–Trinajstić information content (AvgIpc) is 2.68. The van der Waals surface area contributed by atoms with Crippen molar-refractivity contribution >= 4 is 5.91 Å². The summed E-state index contributed by atoms with van der Waals surface area (Å²) in [6, 6.07) is 14.2. The van der Waals surface area contributed by atoms with E-state index in [0.29, 0.717) is 25.9 Å². The summed E-state index contributed by atoms with van der Waals surface area (Å²) in [5.74, 6) is -0.177. The molecule has 1 amide bonds. The van der Waals surface area contributed by atoms with Crippen LogP contribution in [0.4, 0.5) is 4.39 Å². The number of hydrogen-bond acceptors (Lipinski definition) is 3. The predicted octanol–water partition coefficient (Wildman–Crippen LogP) is 2.69. The molecule has 2 aliphatic rings. The number of fused-ring (bicyclic) bond motifs is 1. The smallest absolute Gasteiger partial charge is 0.240 e. The van der Waals surface area contributed by atoms with Gasteiger partial charge in [0.1, 0.15) is 5.82 Å². The van der Waals surface area contributed by atoms with Crippen LogP contribution in [0.25, 0.3) is 0 Å². The topological polar surface area (TPSA) is 43.8 Å². The van der Waals surface area contributed by atoms with Crippen LogP contribution in [-0.2, 0) is 23.4 Å². The molecule has 1 unspecified atom stereocenters. The first-order chi connectivity index (χ1) is 13.0. The van der Waals surface area contributed by atoms with Gasteiger partial charge < -0.3 is 10.0 Å². The van der Waals surface area contributed by atoms with E-state index in [4.69, 9.17) is 0 Å². The summed E-state index contributed by atoms with van der Waals surface area (Å²) in [5.41, 5.74) is 2.26. The number of carbonyl (C=O) groups is 1. The van der Waals surface area contributed by atoms with E-state index >= 15 is 0 Å². The third-order valence-corrected chi connectivity index (χ3v) is 6.05.